The second-order valence-corrected chi connectivity index (χ2v) is 20.1. The van der Waals surface area contributed by atoms with Crippen LogP contribution in [0.2, 0.25) is 0 Å². The lowest BCUT2D eigenvalue weighted by Gasteiger charge is -2.22. The Balaban J connectivity index is 1.08. The molecule has 0 aliphatic rings. The van der Waals surface area contributed by atoms with Gasteiger partial charge < -0.3 is 9.13 Å². The quantitative estimate of drug-likeness (QED) is 0.137. The molecule has 0 saturated carbocycles. The summed E-state index contributed by atoms with van der Waals surface area (Å²) in [5.41, 5.74) is 19.4. The molecular weight excluding hydrogens is 973 g/mol. The van der Waals surface area contributed by atoms with E-state index in [0.717, 1.165) is 117 Å². The van der Waals surface area contributed by atoms with Crippen LogP contribution in [0.5, 0.6) is 0 Å². The molecule has 6 nitrogen and oxygen atoms in total. The minimum absolute atomic E-state index is 0.566. The van der Waals surface area contributed by atoms with E-state index in [1.165, 1.54) is 10.8 Å². The zero-order valence-electron chi connectivity index (χ0n) is 43.4. The number of rotatable bonds is 10. The van der Waals surface area contributed by atoms with Crippen LogP contribution in [0.3, 0.4) is 0 Å². The van der Waals surface area contributed by atoms with Crippen LogP contribution in [0.4, 0.5) is 0 Å². The van der Waals surface area contributed by atoms with E-state index < -0.39 is 0 Å². The number of para-hydroxylation sites is 4. The summed E-state index contributed by atoms with van der Waals surface area (Å²) < 4.78 is 4.75. The predicted octanol–water partition coefficient (Wildman–Crippen LogP) is 18.8. The minimum Gasteiger partial charge on any atom is -0.309 e. The maximum Gasteiger partial charge on any atom is 0.164 e. The van der Waals surface area contributed by atoms with Gasteiger partial charge in [-0.2, -0.15) is 0 Å². The fraction of sp³-hybridized carbons (Fsp3) is 0. The van der Waals surface area contributed by atoms with Crippen molar-refractivity contribution in [3.05, 3.63) is 291 Å². The summed E-state index contributed by atoms with van der Waals surface area (Å²) >= 11 is 0. The van der Waals surface area contributed by atoms with Crippen LogP contribution in [0, 0.1) is 0 Å². The van der Waals surface area contributed by atoms with Crippen molar-refractivity contribution >= 4 is 43.6 Å². The van der Waals surface area contributed by atoms with Crippen molar-refractivity contribution in [1.29, 1.82) is 0 Å². The Kier molecular flexibility index (Phi) is 11.4. The Morgan fingerprint density at radius 3 is 1.06 bits per heavy atom. The topological polar surface area (TPSA) is 61.4 Å². The van der Waals surface area contributed by atoms with Gasteiger partial charge in [-0.1, -0.05) is 206 Å². The number of aromatic nitrogens is 6. The molecule has 4 heterocycles. The monoisotopic (exact) mass is 1020 g/mol. The first-order valence-electron chi connectivity index (χ1n) is 27.0. The summed E-state index contributed by atoms with van der Waals surface area (Å²) in [6, 6.07) is 103. The summed E-state index contributed by atoms with van der Waals surface area (Å²) in [5, 5.41) is 4.63. The summed E-state index contributed by atoms with van der Waals surface area (Å²) in [5.74, 6) is 1.76. The van der Waals surface area contributed by atoms with Gasteiger partial charge in [0.25, 0.3) is 0 Å². The smallest absolute Gasteiger partial charge is 0.164 e. The largest absolute Gasteiger partial charge is 0.309 e. The summed E-state index contributed by atoms with van der Waals surface area (Å²) in [6.45, 7) is 0. The molecule has 0 atom stereocenters. The zero-order valence-corrected chi connectivity index (χ0v) is 43.4. The second kappa shape index (κ2) is 19.6. The van der Waals surface area contributed by atoms with Crippen molar-refractivity contribution in [2.75, 3.05) is 0 Å². The molecule has 80 heavy (non-hydrogen) atoms. The van der Waals surface area contributed by atoms with Gasteiger partial charge in [-0.3, -0.25) is 0 Å². The Morgan fingerprint density at radius 2 is 0.600 bits per heavy atom. The molecule has 0 aliphatic heterocycles. The van der Waals surface area contributed by atoms with Gasteiger partial charge in [0.05, 0.1) is 33.5 Å². The summed E-state index contributed by atoms with van der Waals surface area (Å²) in [4.78, 5) is 21.6. The third-order valence-corrected chi connectivity index (χ3v) is 15.4. The molecule has 0 amide bonds. The van der Waals surface area contributed by atoms with Gasteiger partial charge in [0, 0.05) is 66.3 Å². The number of hydrogen-bond donors (Lipinski definition) is 0. The van der Waals surface area contributed by atoms with E-state index in [1.54, 1.807) is 0 Å². The normalized spacial score (nSPS) is 11.5. The molecule has 0 unspecified atom stereocenters. The summed E-state index contributed by atoms with van der Waals surface area (Å²) in [6.07, 6.45) is 0. The number of pyridine rings is 1. The Labute approximate surface area is 462 Å². The van der Waals surface area contributed by atoms with Crippen LogP contribution in [0.25, 0.3) is 145 Å². The van der Waals surface area contributed by atoms with E-state index in [4.69, 9.17) is 19.9 Å². The fourth-order valence-corrected chi connectivity index (χ4v) is 11.7. The van der Waals surface area contributed by atoms with Gasteiger partial charge >= 0.3 is 0 Å². The van der Waals surface area contributed by atoms with Crippen molar-refractivity contribution in [2.45, 2.75) is 0 Å². The molecule has 0 saturated heterocycles. The standard InChI is InChI=1S/C74H48N6/c1-7-23-49(24-8-1)65-42-41-60(71(75-65)50-25-9-2-10-26-50)70-61(53-39-43-68-63(45-53)58-35-19-21-37-66(58)79(68)56-31-15-5-16-32-56)47-55(74-77-72(51-27-11-3-12-28-51)76-73(78-74)52-29-13-4-14-30-52)48-62(70)54-40-44-69-64(46-54)59-36-20-22-38-67(59)80(69)57-33-17-6-18-34-57/h1-48H. The molecule has 11 aromatic carbocycles. The van der Waals surface area contributed by atoms with Gasteiger partial charge in [0.2, 0.25) is 0 Å². The van der Waals surface area contributed by atoms with Crippen molar-refractivity contribution in [3.8, 4) is 101 Å². The fourth-order valence-electron chi connectivity index (χ4n) is 11.7. The lowest BCUT2D eigenvalue weighted by Crippen LogP contribution is -2.02. The lowest BCUT2D eigenvalue weighted by molar-refractivity contribution is 1.07. The molecule has 4 aromatic heterocycles. The summed E-state index contributed by atoms with van der Waals surface area (Å²) in [7, 11) is 0. The lowest BCUT2D eigenvalue weighted by atomic mass is 9.83. The number of fused-ring (bicyclic) bond motifs is 6. The van der Waals surface area contributed by atoms with E-state index in [2.05, 4.69) is 264 Å². The third kappa shape index (κ3) is 8.14. The van der Waals surface area contributed by atoms with Crippen LogP contribution in [0.1, 0.15) is 0 Å². The van der Waals surface area contributed by atoms with Crippen molar-refractivity contribution in [2.24, 2.45) is 0 Å². The van der Waals surface area contributed by atoms with Gasteiger partial charge in [-0.25, -0.2) is 19.9 Å². The highest BCUT2D eigenvalue weighted by Gasteiger charge is 2.25. The Hall–Kier alpha value is -10.8. The second-order valence-electron chi connectivity index (χ2n) is 20.1. The highest BCUT2D eigenvalue weighted by molar-refractivity contribution is 6.13. The van der Waals surface area contributed by atoms with E-state index >= 15 is 0 Å². The van der Waals surface area contributed by atoms with Crippen LogP contribution in [-0.4, -0.2) is 29.1 Å². The molecule has 0 radical (unpaired) electrons. The van der Waals surface area contributed by atoms with E-state index in [1.807, 2.05) is 36.4 Å². The van der Waals surface area contributed by atoms with Crippen LogP contribution >= 0.6 is 0 Å². The highest BCUT2D eigenvalue weighted by atomic mass is 15.0. The van der Waals surface area contributed by atoms with Crippen molar-refractivity contribution in [1.82, 2.24) is 29.1 Å². The minimum atomic E-state index is 0.566. The van der Waals surface area contributed by atoms with Gasteiger partial charge in [-0.05, 0) is 113 Å². The van der Waals surface area contributed by atoms with Gasteiger partial charge in [0.1, 0.15) is 0 Å². The first kappa shape index (κ1) is 46.5. The molecule has 15 aromatic rings. The van der Waals surface area contributed by atoms with Crippen molar-refractivity contribution < 1.29 is 0 Å². The first-order chi connectivity index (χ1) is 39.7. The molecule has 0 bridgehead atoms. The predicted molar refractivity (Wildman–Crippen MR) is 330 cm³/mol. The maximum absolute atomic E-state index is 5.65. The van der Waals surface area contributed by atoms with E-state index in [0.29, 0.717) is 17.5 Å². The van der Waals surface area contributed by atoms with Crippen LogP contribution in [0.15, 0.2) is 291 Å². The molecule has 6 heteroatoms. The average Bonchev–Trinajstić information content (AvgIpc) is 4.15. The molecular formula is C74H48N6. The van der Waals surface area contributed by atoms with E-state index in [-0.39, 0.29) is 0 Å². The zero-order chi connectivity index (χ0) is 52.9. The highest BCUT2D eigenvalue weighted by Crippen LogP contribution is 2.49. The van der Waals surface area contributed by atoms with Gasteiger partial charge in [0.15, 0.2) is 17.5 Å². The molecule has 0 spiro atoms. The number of nitrogens with zero attached hydrogens (tertiary/aromatic N) is 6. The SMILES string of the molecule is c1ccc(-c2ccc(-c3c(-c4ccc5c(c4)c4ccccc4n5-c4ccccc4)cc(-c4nc(-c5ccccc5)nc(-c5ccccc5)n4)cc3-c3ccc4c(c3)c3ccccc3n4-c3ccccc3)c(-c3ccccc3)n2)cc1. The van der Waals surface area contributed by atoms with Gasteiger partial charge in [-0.15, -0.1) is 0 Å². The number of benzene rings is 11. The third-order valence-electron chi connectivity index (χ3n) is 15.4. The maximum atomic E-state index is 5.65. The van der Waals surface area contributed by atoms with Crippen molar-refractivity contribution in [3.63, 3.8) is 0 Å². The molecule has 15 rings (SSSR count). The molecule has 0 N–H and O–H groups in total. The number of hydrogen-bond acceptors (Lipinski definition) is 4. The molecule has 0 fully saturated rings. The molecule has 374 valence electrons. The first-order valence-corrected chi connectivity index (χ1v) is 27.0. The van der Waals surface area contributed by atoms with Crippen LogP contribution < -0.4 is 0 Å². The average molecular weight is 1020 g/mol. The van der Waals surface area contributed by atoms with Crippen LogP contribution in [-0.2, 0) is 0 Å². The van der Waals surface area contributed by atoms with E-state index in [9.17, 15) is 0 Å². The molecule has 0 aliphatic carbocycles. The Bertz CT molecular complexity index is 4550. The Morgan fingerprint density at radius 1 is 0.225 bits per heavy atom.